The lowest BCUT2D eigenvalue weighted by Crippen LogP contribution is -2.44. The predicted octanol–water partition coefficient (Wildman–Crippen LogP) is 3.56. The highest BCUT2D eigenvalue weighted by atomic mass is 32.2. The number of benzene rings is 1. The first-order valence-corrected chi connectivity index (χ1v) is 9.16. The van der Waals surface area contributed by atoms with Gasteiger partial charge in [0.25, 0.3) is 0 Å². The van der Waals surface area contributed by atoms with Gasteiger partial charge in [0, 0.05) is 30.4 Å². The molecule has 1 saturated heterocycles. The Morgan fingerprint density at radius 2 is 2.36 bits per heavy atom. The number of aliphatic hydroxyl groups excluding tert-OH is 1. The van der Waals surface area contributed by atoms with E-state index in [1.807, 2.05) is 34.9 Å². The van der Waals surface area contributed by atoms with Crippen molar-refractivity contribution in [1.82, 2.24) is 4.90 Å². The second kappa shape index (κ2) is 8.44. The number of rotatable bonds is 5. The standard InChI is InChI=1S/C17H26N2O2S/c1-3-22-12-14-6-4-8-16(10-14)18-17(21)19-9-5-7-15(11-19)13(2)20/h4,6,8,10,13,15,20H,3,5,7,9,11-12H2,1-2H3,(H,18,21). The minimum Gasteiger partial charge on any atom is -0.393 e. The van der Waals surface area contributed by atoms with Gasteiger partial charge in [-0.1, -0.05) is 19.1 Å². The first-order chi connectivity index (χ1) is 10.6. The molecule has 0 saturated carbocycles. The normalized spacial score (nSPS) is 19.8. The van der Waals surface area contributed by atoms with Gasteiger partial charge in [-0.3, -0.25) is 0 Å². The van der Waals surface area contributed by atoms with Crippen LogP contribution in [0, 0.1) is 5.92 Å². The Hall–Kier alpha value is -1.20. The van der Waals surface area contributed by atoms with Crippen LogP contribution in [0.1, 0.15) is 32.3 Å². The molecular formula is C17H26N2O2S. The van der Waals surface area contributed by atoms with Gasteiger partial charge >= 0.3 is 6.03 Å². The van der Waals surface area contributed by atoms with E-state index in [0.717, 1.165) is 36.6 Å². The van der Waals surface area contributed by atoms with E-state index in [1.165, 1.54) is 5.56 Å². The minimum atomic E-state index is -0.356. The molecule has 1 aliphatic rings. The first-order valence-electron chi connectivity index (χ1n) is 8.00. The third-order valence-corrected chi connectivity index (χ3v) is 5.02. The smallest absolute Gasteiger partial charge is 0.321 e. The number of nitrogens with zero attached hydrogens (tertiary/aromatic N) is 1. The van der Waals surface area contributed by atoms with E-state index >= 15 is 0 Å². The molecule has 0 aliphatic carbocycles. The third kappa shape index (κ3) is 4.92. The average molecular weight is 322 g/mol. The lowest BCUT2D eigenvalue weighted by atomic mass is 9.94. The van der Waals surface area contributed by atoms with Gasteiger partial charge in [0.1, 0.15) is 0 Å². The summed E-state index contributed by atoms with van der Waals surface area (Å²) in [5, 5.41) is 12.7. The van der Waals surface area contributed by atoms with Crippen LogP contribution in [0.5, 0.6) is 0 Å². The summed E-state index contributed by atoms with van der Waals surface area (Å²) in [4.78, 5) is 14.2. The van der Waals surface area contributed by atoms with Crippen molar-refractivity contribution < 1.29 is 9.90 Å². The molecule has 1 fully saturated rings. The fraction of sp³-hybridized carbons (Fsp3) is 0.588. The number of amides is 2. The summed E-state index contributed by atoms with van der Waals surface area (Å²) < 4.78 is 0. The Morgan fingerprint density at radius 1 is 1.55 bits per heavy atom. The third-order valence-electron chi connectivity index (χ3n) is 4.08. The van der Waals surface area contributed by atoms with Crippen LogP contribution < -0.4 is 5.32 Å². The zero-order valence-corrected chi connectivity index (χ0v) is 14.2. The Bertz CT molecular complexity index is 493. The molecule has 0 radical (unpaired) electrons. The highest BCUT2D eigenvalue weighted by molar-refractivity contribution is 7.98. The van der Waals surface area contributed by atoms with Gasteiger partial charge in [-0.25, -0.2) is 4.79 Å². The van der Waals surface area contributed by atoms with Gasteiger partial charge in [-0.15, -0.1) is 0 Å². The molecule has 22 heavy (non-hydrogen) atoms. The quantitative estimate of drug-likeness (QED) is 0.871. The summed E-state index contributed by atoms with van der Waals surface area (Å²) in [5.74, 6) is 2.24. The van der Waals surface area contributed by atoms with Crippen molar-refractivity contribution in [1.29, 1.82) is 0 Å². The second-order valence-electron chi connectivity index (χ2n) is 5.86. The number of carbonyl (C=O) groups excluding carboxylic acids is 1. The fourth-order valence-electron chi connectivity index (χ4n) is 2.75. The monoisotopic (exact) mass is 322 g/mol. The molecule has 2 amide bonds. The van der Waals surface area contributed by atoms with Crippen molar-refractivity contribution in [2.45, 2.75) is 38.5 Å². The van der Waals surface area contributed by atoms with Crippen LogP contribution in [0.15, 0.2) is 24.3 Å². The van der Waals surface area contributed by atoms with Crippen LogP contribution in [-0.2, 0) is 5.75 Å². The number of nitrogens with one attached hydrogen (secondary N) is 1. The molecular weight excluding hydrogens is 296 g/mol. The van der Waals surface area contributed by atoms with E-state index < -0.39 is 0 Å². The first kappa shape index (κ1) is 17.2. The second-order valence-corrected chi connectivity index (χ2v) is 7.13. The molecule has 4 nitrogen and oxygen atoms in total. The molecule has 1 aromatic rings. The molecule has 2 unspecified atom stereocenters. The number of thioether (sulfide) groups is 1. The fourth-order valence-corrected chi connectivity index (χ4v) is 3.37. The zero-order chi connectivity index (χ0) is 15.9. The maximum absolute atomic E-state index is 12.4. The number of aliphatic hydroxyl groups is 1. The van der Waals surface area contributed by atoms with E-state index in [4.69, 9.17) is 0 Å². The summed E-state index contributed by atoms with van der Waals surface area (Å²) >= 11 is 1.87. The molecule has 1 aromatic carbocycles. The highest BCUT2D eigenvalue weighted by Crippen LogP contribution is 2.21. The molecule has 0 bridgehead atoms. The molecule has 1 aliphatic heterocycles. The molecule has 2 atom stereocenters. The van der Waals surface area contributed by atoms with Gasteiger partial charge < -0.3 is 15.3 Å². The Morgan fingerprint density at radius 3 is 3.09 bits per heavy atom. The zero-order valence-electron chi connectivity index (χ0n) is 13.4. The van der Waals surface area contributed by atoms with Crippen LogP contribution in [0.25, 0.3) is 0 Å². The molecule has 122 valence electrons. The predicted molar refractivity (Wildman–Crippen MR) is 93.3 cm³/mol. The van der Waals surface area contributed by atoms with E-state index in [2.05, 4.69) is 18.3 Å². The number of anilines is 1. The average Bonchev–Trinajstić information content (AvgIpc) is 2.53. The van der Waals surface area contributed by atoms with E-state index in [9.17, 15) is 9.90 Å². The van der Waals surface area contributed by atoms with Crippen LogP contribution in [0.4, 0.5) is 10.5 Å². The van der Waals surface area contributed by atoms with Crippen molar-refractivity contribution in [3.63, 3.8) is 0 Å². The number of likely N-dealkylation sites (tertiary alicyclic amines) is 1. The number of hydrogen-bond acceptors (Lipinski definition) is 3. The van der Waals surface area contributed by atoms with E-state index in [0.29, 0.717) is 6.54 Å². The Kier molecular flexibility index (Phi) is 6.58. The number of carbonyl (C=O) groups is 1. The Labute approximate surface area is 137 Å². The van der Waals surface area contributed by atoms with Crippen molar-refractivity contribution in [2.24, 2.45) is 5.92 Å². The minimum absolute atomic E-state index is 0.0642. The SMILES string of the molecule is CCSCc1cccc(NC(=O)N2CCCC(C(C)O)C2)c1. The van der Waals surface area contributed by atoms with Crippen molar-refractivity contribution in [3.8, 4) is 0 Å². The van der Waals surface area contributed by atoms with Crippen LogP contribution in [-0.4, -0.2) is 41.0 Å². The van der Waals surface area contributed by atoms with Crippen LogP contribution >= 0.6 is 11.8 Å². The lowest BCUT2D eigenvalue weighted by Gasteiger charge is -2.34. The summed E-state index contributed by atoms with van der Waals surface area (Å²) in [6.07, 6.45) is 1.59. The van der Waals surface area contributed by atoms with Gasteiger partial charge in [0.15, 0.2) is 0 Å². The molecule has 2 N–H and O–H groups in total. The largest absolute Gasteiger partial charge is 0.393 e. The topological polar surface area (TPSA) is 52.6 Å². The summed E-state index contributed by atoms with van der Waals surface area (Å²) in [6.45, 7) is 5.35. The van der Waals surface area contributed by atoms with Crippen molar-refractivity contribution in [2.75, 3.05) is 24.2 Å². The van der Waals surface area contributed by atoms with Crippen LogP contribution in [0.3, 0.4) is 0 Å². The van der Waals surface area contributed by atoms with Gasteiger partial charge in [0.2, 0.25) is 0 Å². The number of piperidine rings is 1. The number of urea groups is 1. The summed E-state index contributed by atoms with van der Waals surface area (Å²) in [5.41, 5.74) is 2.07. The molecule has 5 heteroatoms. The molecule has 0 spiro atoms. The van der Waals surface area contributed by atoms with Gasteiger partial charge in [-0.05, 0) is 43.2 Å². The van der Waals surface area contributed by atoms with Gasteiger partial charge in [-0.2, -0.15) is 11.8 Å². The van der Waals surface area contributed by atoms with Crippen molar-refractivity contribution in [3.05, 3.63) is 29.8 Å². The Balaban J connectivity index is 1.93. The van der Waals surface area contributed by atoms with Crippen LogP contribution in [0.2, 0.25) is 0 Å². The molecule has 1 heterocycles. The lowest BCUT2D eigenvalue weighted by molar-refractivity contribution is 0.0766. The molecule has 2 rings (SSSR count). The highest BCUT2D eigenvalue weighted by Gasteiger charge is 2.26. The van der Waals surface area contributed by atoms with Crippen molar-refractivity contribution >= 4 is 23.5 Å². The maximum atomic E-state index is 12.4. The summed E-state index contributed by atoms with van der Waals surface area (Å²) in [6, 6.07) is 7.97. The number of hydrogen-bond donors (Lipinski definition) is 2. The maximum Gasteiger partial charge on any atom is 0.321 e. The summed E-state index contributed by atoms with van der Waals surface area (Å²) in [7, 11) is 0. The molecule has 0 aromatic heterocycles. The van der Waals surface area contributed by atoms with E-state index in [1.54, 1.807) is 6.92 Å². The van der Waals surface area contributed by atoms with Gasteiger partial charge in [0.05, 0.1) is 6.10 Å². The van der Waals surface area contributed by atoms with E-state index in [-0.39, 0.29) is 18.1 Å².